The molecule has 0 aromatic heterocycles. The highest BCUT2D eigenvalue weighted by molar-refractivity contribution is 6.30. The molecule has 2 aromatic carbocycles. The van der Waals surface area contributed by atoms with Crippen molar-refractivity contribution >= 4 is 40.8 Å². The molecule has 4 rings (SSSR count). The molecule has 2 saturated heterocycles. The number of urea groups is 1. The minimum atomic E-state index is -0.685. The lowest BCUT2D eigenvalue weighted by Gasteiger charge is -2.24. The van der Waals surface area contributed by atoms with E-state index >= 15 is 0 Å². The third kappa shape index (κ3) is 5.69. The van der Waals surface area contributed by atoms with E-state index in [1.807, 2.05) is 11.8 Å². The molecule has 0 radical (unpaired) electrons. The smallest absolute Gasteiger partial charge is 0.322 e. The quantitative estimate of drug-likeness (QED) is 0.642. The number of carbonyl (C=O) groups excluding carboxylic acids is 3. The number of nitrogens with zero attached hydrogens (tertiary/aromatic N) is 2. The van der Waals surface area contributed by atoms with Crippen molar-refractivity contribution in [2.24, 2.45) is 0 Å². The molecule has 2 heterocycles. The number of rotatable bonds is 6. The fraction of sp³-hybridized carbons (Fsp3) is 0.400. The molecule has 0 aliphatic carbocycles. The monoisotopic (exact) mass is 484 g/mol. The van der Waals surface area contributed by atoms with Crippen LogP contribution in [0.15, 0.2) is 48.5 Å². The number of ether oxygens (including phenoxy) is 1. The van der Waals surface area contributed by atoms with Crippen LogP contribution in [0, 0.1) is 0 Å². The summed E-state index contributed by atoms with van der Waals surface area (Å²) in [5.41, 5.74) is 1.76. The maximum atomic E-state index is 13.1. The lowest BCUT2D eigenvalue weighted by molar-refractivity contribution is -0.119. The van der Waals surface area contributed by atoms with Crippen LogP contribution in [0.5, 0.6) is 0 Å². The zero-order valence-electron chi connectivity index (χ0n) is 19.1. The Morgan fingerprint density at radius 1 is 0.971 bits per heavy atom. The first-order valence-corrected chi connectivity index (χ1v) is 12.0. The lowest BCUT2D eigenvalue weighted by Crippen LogP contribution is -2.45. The second-order valence-electron chi connectivity index (χ2n) is 8.48. The fourth-order valence-electron chi connectivity index (χ4n) is 4.38. The van der Waals surface area contributed by atoms with Crippen molar-refractivity contribution in [3.63, 3.8) is 0 Å². The van der Waals surface area contributed by atoms with E-state index in [2.05, 4.69) is 10.6 Å². The van der Waals surface area contributed by atoms with Crippen LogP contribution in [0.4, 0.5) is 16.2 Å². The minimum absolute atomic E-state index is 0.00997. The fourth-order valence-corrected chi connectivity index (χ4v) is 4.51. The molecule has 2 N–H and O–H groups in total. The minimum Gasteiger partial charge on any atom is -0.377 e. The van der Waals surface area contributed by atoms with Crippen LogP contribution in [-0.2, 0) is 9.53 Å². The highest BCUT2D eigenvalue weighted by Gasteiger charge is 2.40. The Hall–Kier alpha value is -3.10. The maximum absolute atomic E-state index is 13.1. The Bertz CT molecular complexity index is 1020. The van der Waals surface area contributed by atoms with E-state index in [0.717, 1.165) is 25.9 Å². The predicted molar refractivity (Wildman–Crippen MR) is 131 cm³/mol. The first-order chi connectivity index (χ1) is 16.4. The summed E-state index contributed by atoms with van der Waals surface area (Å²) in [6.07, 6.45) is 2.24. The molecule has 0 unspecified atom stereocenters. The van der Waals surface area contributed by atoms with Gasteiger partial charge >= 0.3 is 6.03 Å². The van der Waals surface area contributed by atoms with Crippen molar-refractivity contribution < 1.29 is 19.1 Å². The number of carbonyl (C=O) groups is 3. The molecule has 2 atom stereocenters. The van der Waals surface area contributed by atoms with Crippen LogP contribution in [0.3, 0.4) is 0 Å². The molecule has 9 heteroatoms. The van der Waals surface area contributed by atoms with Gasteiger partial charge in [0.1, 0.15) is 6.04 Å². The van der Waals surface area contributed by atoms with Crippen molar-refractivity contribution in [3.8, 4) is 0 Å². The Balaban J connectivity index is 1.42. The van der Waals surface area contributed by atoms with Gasteiger partial charge in [0, 0.05) is 54.6 Å². The second-order valence-corrected chi connectivity index (χ2v) is 8.92. The van der Waals surface area contributed by atoms with Gasteiger partial charge in [-0.3, -0.25) is 9.59 Å². The van der Waals surface area contributed by atoms with E-state index in [1.54, 1.807) is 48.5 Å². The highest BCUT2D eigenvalue weighted by atomic mass is 35.5. The molecule has 2 fully saturated rings. The van der Waals surface area contributed by atoms with E-state index in [1.165, 1.54) is 4.90 Å². The van der Waals surface area contributed by atoms with Gasteiger partial charge < -0.3 is 25.2 Å². The van der Waals surface area contributed by atoms with Gasteiger partial charge in [-0.05, 0) is 68.3 Å². The molecule has 0 bridgehead atoms. The summed E-state index contributed by atoms with van der Waals surface area (Å²) < 4.78 is 5.71. The molecule has 0 saturated carbocycles. The Kier molecular flexibility index (Phi) is 7.70. The van der Waals surface area contributed by atoms with E-state index in [-0.39, 0.29) is 23.9 Å². The van der Waals surface area contributed by atoms with Gasteiger partial charge in [0.15, 0.2) is 0 Å². The summed E-state index contributed by atoms with van der Waals surface area (Å²) in [5, 5.41) is 6.27. The highest BCUT2D eigenvalue weighted by Crippen LogP contribution is 2.24. The van der Waals surface area contributed by atoms with Gasteiger partial charge in [-0.1, -0.05) is 11.6 Å². The van der Waals surface area contributed by atoms with Gasteiger partial charge in [-0.15, -0.1) is 0 Å². The molecule has 180 valence electrons. The lowest BCUT2D eigenvalue weighted by atomic mass is 10.1. The van der Waals surface area contributed by atoms with Crippen molar-refractivity contribution in [3.05, 3.63) is 59.1 Å². The molecule has 2 aliphatic heterocycles. The topological polar surface area (TPSA) is 91.0 Å². The second kappa shape index (κ2) is 10.9. The molecule has 2 aromatic rings. The number of anilines is 2. The van der Waals surface area contributed by atoms with E-state index in [0.29, 0.717) is 41.5 Å². The average molecular weight is 485 g/mol. The van der Waals surface area contributed by atoms with Crippen LogP contribution in [0.2, 0.25) is 5.02 Å². The molecule has 8 nitrogen and oxygen atoms in total. The third-order valence-corrected chi connectivity index (χ3v) is 6.37. The summed E-state index contributed by atoms with van der Waals surface area (Å²) in [6.45, 7) is 4.27. The Morgan fingerprint density at radius 2 is 1.59 bits per heavy atom. The van der Waals surface area contributed by atoms with Gasteiger partial charge in [-0.2, -0.15) is 0 Å². The average Bonchev–Trinajstić information content (AvgIpc) is 3.51. The number of hydrogen-bond donors (Lipinski definition) is 2. The number of halogens is 1. The SMILES string of the molecule is CCO[C@@H]1C[C@H](C(=O)Nc2ccc(C(=O)N3CCCC3)cc2)N(C(=O)Nc2ccc(Cl)cc2)C1. The van der Waals surface area contributed by atoms with Gasteiger partial charge in [0.05, 0.1) is 6.10 Å². The van der Waals surface area contributed by atoms with Gasteiger partial charge in [-0.25, -0.2) is 4.79 Å². The van der Waals surface area contributed by atoms with E-state index in [4.69, 9.17) is 16.3 Å². The normalized spacial score (nSPS) is 19.8. The zero-order chi connectivity index (χ0) is 24.1. The van der Waals surface area contributed by atoms with Crippen LogP contribution in [-0.4, -0.2) is 66.0 Å². The Labute approximate surface area is 204 Å². The first-order valence-electron chi connectivity index (χ1n) is 11.6. The first kappa shape index (κ1) is 24.0. The van der Waals surface area contributed by atoms with Crippen molar-refractivity contribution in [1.82, 2.24) is 9.80 Å². The number of hydrogen-bond acceptors (Lipinski definition) is 4. The predicted octanol–water partition coefficient (Wildman–Crippen LogP) is 4.23. The third-order valence-electron chi connectivity index (χ3n) is 6.12. The van der Waals surface area contributed by atoms with Gasteiger partial charge in [0.2, 0.25) is 5.91 Å². The van der Waals surface area contributed by atoms with Crippen LogP contribution >= 0.6 is 11.6 Å². The summed E-state index contributed by atoms with van der Waals surface area (Å²) in [7, 11) is 0. The number of likely N-dealkylation sites (tertiary alicyclic amines) is 2. The van der Waals surface area contributed by atoms with Crippen molar-refractivity contribution in [1.29, 1.82) is 0 Å². The Morgan fingerprint density at radius 3 is 2.24 bits per heavy atom. The summed E-state index contributed by atoms with van der Waals surface area (Å²) >= 11 is 5.92. The number of nitrogens with one attached hydrogen (secondary N) is 2. The molecule has 34 heavy (non-hydrogen) atoms. The van der Waals surface area contributed by atoms with Crippen LogP contribution in [0.25, 0.3) is 0 Å². The van der Waals surface area contributed by atoms with Crippen molar-refractivity contribution in [2.75, 3.05) is 36.9 Å². The maximum Gasteiger partial charge on any atom is 0.322 e. The molecular weight excluding hydrogens is 456 g/mol. The van der Waals surface area contributed by atoms with E-state index in [9.17, 15) is 14.4 Å². The molecule has 4 amide bonds. The van der Waals surface area contributed by atoms with Crippen LogP contribution < -0.4 is 10.6 Å². The van der Waals surface area contributed by atoms with Crippen molar-refractivity contribution in [2.45, 2.75) is 38.3 Å². The zero-order valence-corrected chi connectivity index (χ0v) is 19.9. The largest absolute Gasteiger partial charge is 0.377 e. The summed E-state index contributed by atoms with van der Waals surface area (Å²) in [6, 6.07) is 12.6. The summed E-state index contributed by atoms with van der Waals surface area (Å²) in [4.78, 5) is 42.0. The molecule has 2 aliphatic rings. The standard InChI is InChI=1S/C25H29ClN4O4/c1-2-34-21-15-22(30(16-21)25(33)28-20-11-7-18(26)8-12-20)23(31)27-19-9-5-17(6-10-19)24(32)29-13-3-4-14-29/h5-12,21-22H,2-4,13-16H2,1H3,(H,27,31)(H,28,33)/t21-,22-/m1/s1. The van der Waals surface area contributed by atoms with E-state index < -0.39 is 6.04 Å². The number of amides is 4. The number of benzene rings is 2. The summed E-state index contributed by atoms with van der Waals surface area (Å²) in [5.74, 6) is -0.289. The molecular formula is C25H29ClN4O4. The van der Waals surface area contributed by atoms with Gasteiger partial charge in [0.25, 0.3) is 5.91 Å². The molecule has 0 spiro atoms. The van der Waals surface area contributed by atoms with Crippen LogP contribution in [0.1, 0.15) is 36.5 Å².